The van der Waals surface area contributed by atoms with E-state index < -0.39 is 11.9 Å². The third-order valence-electron chi connectivity index (χ3n) is 1.55. The number of aromatic nitrogens is 1. The van der Waals surface area contributed by atoms with Crippen LogP contribution in [0.2, 0.25) is 0 Å². The molecule has 80 valence electrons. The van der Waals surface area contributed by atoms with Gasteiger partial charge in [-0.25, -0.2) is 4.98 Å². The molecule has 0 bridgehead atoms. The fourth-order valence-electron chi connectivity index (χ4n) is 0.930. The number of nitriles is 1. The highest BCUT2D eigenvalue weighted by Crippen LogP contribution is 2.29. The van der Waals surface area contributed by atoms with E-state index in [1.54, 1.807) is 13.0 Å². The van der Waals surface area contributed by atoms with Crippen LogP contribution in [0.25, 0.3) is 0 Å². The SMILES string of the molecule is CCOc1nc(C(F)(F)F)ccc1C#N. The number of hydrogen-bond donors (Lipinski definition) is 0. The number of halogens is 3. The van der Waals surface area contributed by atoms with Crippen LogP contribution >= 0.6 is 0 Å². The van der Waals surface area contributed by atoms with Gasteiger partial charge in [-0.1, -0.05) is 0 Å². The second-order valence-electron chi connectivity index (χ2n) is 2.59. The number of hydrogen-bond acceptors (Lipinski definition) is 3. The molecule has 1 heterocycles. The highest BCUT2D eigenvalue weighted by Gasteiger charge is 2.33. The van der Waals surface area contributed by atoms with Crippen LogP contribution in [-0.4, -0.2) is 11.6 Å². The molecule has 15 heavy (non-hydrogen) atoms. The summed E-state index contributed by atoms with van der Waals surface area (Å²) < 4.78 is 41.6. The van der Waals surface area contributed by atoms with Crippen molar-refractivity contribution in [2.24, 2.45) is 0 Å². The summed E-state index contributed by atoms with van der Waals surface area (Å²) >= 11 is 0. The fourth-order valence-corrected chi connectivity index (χ4v) is 0.930. The van der Waals surface area contributed by atoms with Crippen LogP contribution in [0.5, 0.6) is 5.88 Å². The normalized spacial score (nSPS) is 10.9. The van der Waals surface area contributed by atoms with Crippen LogP contribution in [0, 0.1) is 11.3 Å². The van der Waals surface area contributed by atoms with Crippen molar-refractivity contribution in [2.75, 3.05) is 6.61 Å². The van der Waals surface area contributed by atoms with Crippen LogP contribution in [-0.2, 0) is 6.18 Å². The van der Waals surface area contributed by atoms with E-state index in [4.69, 9.17) is 10.00 Å². The Morgan fingerprint density at radius 2 is 2.13 bits per heavy atom. The second kappa shape index (κ2) is 4.17. The Hall–Kier alpha value is -1.77. The Bertz CT molecular complexity index is 395. The number of alkyl halides is 3. The van der Waals surface area contributed by atoms with Crippen molar-refractivity contribution in [3.63, 3.8) is 0 Å². The molecule has 0 fully saturated rings. The first-order valence-electron chi connectivity index (χ1n) is 4.10. The molecule has 0 spiro atoms. The third kappa shape index (κ3) is 2.59. The van der Waals surface area contributed by atoms with E-state index in [0.29, 0.717) is 0 Å². The molecule has 1 rings (SSSR count). The van der Waals surface area contributed by atoms with Gasteiger partial charge in [-0.2, -0.15) is 18.4 Å². The Balaban J connectivity index is 3.17. The van der Waals surface area contributed by atoms with Crippen molar-refractivity contribution in [3.8, 4) is 11.9 Å². The Morgan fingerprint density at radius 1 is 1.47 bits per heavy atom. The highest BCUT2D eigenvalue weighted by molar-refractivity contribution is 5.39. The van der Waals surface area contributed by atoms with Crippen molar-refractivity contribution in [3.05, 3.63) is 23.4 Å². The lowest BCUT2D eigenvalue weighted by Gasteiger charge is -2.08. The van der Waals surface area contributed by atoms with Gasteiger partial charge in [0, 0.05) is 0 Å². The number of pyridine rings is 1. The van der Waals surface area contributed by atoms with E-state index in [2.05, 4.69) is 4.98 Å². The summed E-state index contributed by atoms with van der Waals surface area (Å²) in [5.74, 6) is -0.283. The van der Waals surface area contributed by atoms with Gasteiger partial charge in [0.1, 0.15) is 17.3 Å². The molecule has 1 aromatic heterocycles. The van der Waals surface area contributed by atoms with Crippen molar-refractivity contribution in [2.45, 2.75) is 13.1 Å². The van der Waals surface area contributed by atoms with Crippen molar-refractivity contribution in [1.82, 2.24) is 4.98 Å². The minimum atomic E-state index is -4.53. The van der Waals surface area contributed by atoms with E-state index in [-0.39, 0.29) is 18.1 Å². The number of ether oxygens (including phenoxy) is 1. The molecule has 0 aliphatic carbocycles. The zero-order chi connectivity index (χ0) is 11.5. The second-order valence-corrected chi connectivity index (χ2v) is 2.59. The van der Waals surface area contributed by atoms with Crippen molar-refractivity contribution in [1.29, 1.82) is 5.26 Å². The Morgan fingerprint density at radius 3 is 2.60 bits per heavy atom. The van der Waals surface area contributed by atoms with Crippen molar-refractivity contribution >= 4 is 0 Å². The molecule has 0 aromatic carbocycles. The van der Waals surface area contributed by atoms with Crippen LogP contribution in [0.3, 0.4) is 0 Å². The van der Waals surface area contributed by atoms with Crippen LogP contribution in [0.4, 0.5) is 13.2 Å². The summed E-state index contributed by atoms with van der Waals surface area (Å²) in [6.07, 6.45) is -4.53. The largest absolute Gasteiger partial charge is 0.477 e. The molecule has 3 nitrogen and oxygen atoms in total. The highest BCUT2D eigenvalue weighted by atomic mass is 19.4. The molecular formula is C9H7F3N2O. The first-order valence-corrected chi connectivity index (χ1v) is 4.10. The summed E-state index contributed by atoms with van der Waals surface area (Å²) in [5, 5.41) is 8.59. The molecule has 0 unspecified atom stereocenters. The van der Waals surface area contributed by atoms with Gasteiger partial charge in [0.15, 0.2) is 0 Å². The average Bonchev–Trinajstić information content (AvgIpc) is 2.17. The van der Waals surface area contributed by atoms with Gasteiger partial charge in [0.05, 0.1) is 6.61 Å². The molecule has 0 saturated heterocycles. The summed E-state index contributed by atoms with van der Waals surface area (Å²) in [6, 6.07) is 3.50. The zero-order valence-electron chi connectivity index (χ0n) is 7.80. The molecule has 0 aliphatic rings. The van der Waals surface area contributed by atoms with E-state index in [1.807, 2.05) is 0 Å². The molecule has 0 atom stereocenters. The summed E-state index contributed by atoms with van der Waals surface area (Å²) in [6.45, 7) is 1.76. The minimum absolute atomic E-state index is 0.00940. The molecule has 0 radical (unpaired) electrons. The quantitative estimate of drug-likeness (QED) is 0.762. The Kier molecular flexibility index (Phi) is 3.14. The predicted octanol–water partition coefficient (Wildman–Crippen LogP) is 2.37. The topological polar surface area (TPSA) is 45.9 Å². The average molecular weight is 216 g/mol. The van der Waals surface area contributed by atoms with E-state index in [0.717, 1.165) is 12.1 Å². The van der Waals surface area contributed by atoms with Crippen LogP contribution in [0.15, 0.2) is 12.1 Å². The predicted molar refractivity (Wildman–Crippen MR) is 45.1 cm³/mol. The van der Waals surface area contributed by atoms with Gasteiger partial charge in [0.25, 0.3) is 0 Å². The summed E-state index contributed by atoms with van der Waals surface area (Å²) in [5.41, 5.74) is -1.07. The molecular weight excluding hydrogens is 209 g/mol. The van der Waals surface area contributed by atoms with Crippen LogP contribution in [0.1, 0.15) is 18.2 Å². The van der Waals surface area contributed by atoms with Gasteiger partial charge >= 0.3 is 6.18 Å². The first-order chi connectivity index (χ1) is 6.99. The monoisotopic (exact) mass is 216 g/mol. The lowest BCUT2D eigenvalue weighted by Crippen LogP contribution is -2.09. The fraction of sp³-hybridized carbons (Fsp3) is 0.333. The number of nitrogens with zero attached hydrogens (tertiary/aromatic N) is 2. The maximum absolute atomic E-state index is 12.2. The van der Waals surface area contributed by atoms with Crippen LogP contribution < -0.4 is 4.74 Å². The third-order valence-corrected chi connectivity index (χ3v) is 1.55. The van der Waals surface area contributed by atoms with E-state index in [9.17, 15) is 13.2 Å². The Labute approximate surface area is 84.1 Å². The van der Waals surface area contributed by atoms with Gasteiger partial charge in [-0.3, -0.25) is 0 Å². The van der Waals surface area contributed by atoms with Gasteiger partial charge < -0.3 is 4.74 Å². The van der Waals surface area contributed by atoms with Gasteiger partial charge in [-0.05, 0) is 19.1 Å². The summed E-state index contributed by atoms with van der Waals surface area (Å²) in [4.78, 5) is 3.23. The van der Waals surface area contributed by atoms with Gasteiger partial charge in [0.2, 0.25) is 5.88 Å². The number of rotatable bonds is 2. The van der Waals surface area contributed by atoms with Gasteiger partial charge in [-0.15, -0.1) is 0 Å². The molecule has 0 saturated carbocycles. The first kappa shape index (κ1) is 11.3. The molecule has 0 N–H and O–H groups in total. The summed E-state index contributed by atoms with van der Waals surface area (Å²) in [7, 11) is 0. The lowest BCUT2D eigenvalue weighted by atomic mass is 10.2. The zero-order valence-corrected chi connectivity index (χ0v) is 7.80. The molecule has 6 heteroatoms. The minimum Gasteiger partial charge on any atom is -0.477 e. The maximum Gasteiger partial charge on any atom is 0.433 e. The molecule has 0 amide bonds. The maximum atomic E-state index is 12.2. The van der Waals surface area contributed by atoms with E-state index >= 15 is 0 Å². The molecule has 1 aromatic rings. The smallest absolute Gasteiger partial charge is 0.433 e. The van der Waals surface area contributed by atoms with Crippen molar-refractivity contribution < 1.29 is 17.9 Å². The van der Waals surface area contributed by atoms with E-state index in [1.165, 1.54) is 0 Å². The lowest BCUT2D eigenvalue weighted by molar-refractivity contribution is -0.141. The molecule has 0 aliphatic heterocycles. The standard InChI is InChI=1S/C9H7F3N2O/c1-2-15-8-6(5-13)3-4-7(14-8)9(10,11)12/h3-4H,2H2,1H3.